The number of carbonyl (C=O) groups excluding carboxylic acids is 2. The van der Waals surface area contributed by atoms with Crippen molar-refractivity contribution in [2.24, 2.45) is 0 Å². The Kier molecular flexibility index (Phi) is 6.11. The molecule has 3 fully saturated rings. The molecule has 1 unspecified atom stereocenters. The van der Waals surface area contributed by atoms with Crippen LogP contribution in [-0.4, -0.2) is 85.0 Å². The first-order valence-corrected chi connectivity index (χ1v) is 9.53. The van der Waals surface area contributed by atoms with Crippen LogP contribution in [0.25, 0.3) is 0 Å². The Labute approximate surface area is 145 Å². The molecule has 2 aliphatic heterocycles. The molecule has 136 valence electrons. The van der Waals surface area contributed by atoms with E-state index in [1.54, 1.807) is 0 Å². The Hall–Kier alpha value is -1.14. The summed E-state index contributed by atoms with van der Waals surface area (Å²) in [7, 11) is 1.95. The van der Waals surface area contributed by atoms with Gasteiger partial charge in [0.05, 0.1) is 6.54 Å². The van der Waals surface area contributed by atoms with Gasteiger partial charge in [0.2, 0.25) is 5.91 Å². The molecule has 6 heteroatoms. The van der Waals surface area contributed by atoms with Crippen LogP contribution in [0.1, 0.15) is 44.9 Å². The Morgan fingerprint density at radius 3 is 2.33 bits per heavy atom. The second-order valence-corrected chi connectivity index (χ2v) is 7.40. The van der Waals surface area contributed by atoms with Gasteiger partial charge < -0.3 is 14.5 Å². The Morgan fingerprint density at radius 1 is 1.00 bits per heavy atom. The third-order valence-corrected chi connectivity index (χ3v) is 5.76. The van der Waals surface area contributed by atoms with Gasteiger partial charge in [-0.05, 0) is 25.7 Å². The molecule has 0 N–H and O–H groups in total. The monoisotopic (exact) mass is 337 g/mol. The van der Waals surface area contributed by atoms with E-state index in [9.17, 15) is 9.59 Å². The molecule has 0 bridgehead atoms. The van der Waals surface area contributed by atoms with Gasteiger partial charge in [-0.2, -0.15) is 0 Å². The minimum atomic E-state index is -0.226. The van der Waals surface area contributed by atoms with Gasteiger partial charge in [0.15, 0.2) is 0 Å². The number of piperazine rings is 1. The van der Waals surface area contributed by atoms with E-state index >= 15 is 0 Å². The van der Waals surface area contributed by atoms with Crippen LogP contribution >= 0.6 is 0 Å². The van der Waals surface area contributed by atoms with Crippen LogP contribution in [0.2, 0.25) is 0 Å². The lowest BCUT2D eigenvalue weighted by atomic mass is 9.94. The average Bonchev–Trinajstić information content (AvgIpc) is 3.16. The van der Waals surface area contributed by atoms with Crippen molar-refractivity contribution in [3.8, 4) is 0 Å². The van der Waals surface area contributed by atoms with Crippen molar-refractivity contribution in [2.75, 3.05) is 46.4 Å². The van der Waals surface area contributed by atoms with E-state index in [0.717, 1.165) is 38.8 Å². The highest BCUT2D eigenvalue weighted by Gasteiger charge is 2.31. The van der Waals surface area contributed by atoms with Crippen molar-refractivity contribution in [2.45, 2.75) is 57.1 Å². The lowest BCUT2D eigenvalue weighted by Crippen LogP contribution is -2.53. The van der Waals surface area contributed by atoms with E-state index in [4.69, 9.17) is 4.74 Å². The molecule has 2 heterocycles. The fraction of sp³-hybridized carbons (Fsp3) is 0.889. The first kappa shape index (κ1) is 17.7. The second-order valence-electron chi connectivity index (χ2n) is 7.40. The van der Waals surface area contributed by atoms with Crippen LogP contribution in [-0.2, 0) is 14.3 Å². The van der Waals surface area contributed by atoms with Gasteiger partial charge in [-0.3, -0.25) is 14.5 Å². The summed E-state index contributed by atoms with van der Waals surface area (Å²) >= 11 is 0. The highest BCUT2D eigenvalue weighted by Crippen LogP contribution is 2.22. The lowest BCUT2D eigenvalue weighted by Gasteiger charge is -2.37. The maximum atomic E-state index is 12.5. The highest BCUT2D eigenvalue weighted by molar-refractivity contribution is 5.81. The average molecular weight is 337 g/mol. The zero-order valence-corrected chi connectivity index (χ0v) is 14.9. The van der Waals surface area contributed by atoms with E-state index in [1.165, 1.54) is 19.3 Å². The number of likely N-dealkylation sites (N-methyl/N-ethyl adjacent to an activating group) is 1. The number of hydrogen-bond donors (Lipinski definition) is 0. The van der Waals surface area contributed by atoms with Gasteiger partial charge in [0.1, 0.15) is 6.10 Å². The molecule has 2 amide bonds. The predicted molar refractivity (Wildman–Crippen MR) is 91.6 cm³/mol. The van der Waals surface area contributed by atoms with E-state index < -0.39 is 0 Å². The highest BCUT2D eigenvalue weighted by atomic mass is 16.5. The molecule has 1 saturated carbocycles. The molecular formula is C18H31N3O3. The minimum Gasteiger partial charge on any atom is -0.368 e. The summed E-state index contributed by atoms with van der Waals surface area (Å²) in [5.74, 6) is 0.360. The number of carbonyl (C=O) groups is 2. The number of hydrogen-bond acceptors (Lipinski definition) is 4. The third kappa shape index (κ3) is 4.28. The molecule has 6 nitrogen and oxygen atoms in total. The van der Waals surface area contributed by atoms with Gasteiger partial charge >= 0.3 is 0 Å². The molecule has 24 heavy (non-hydrogen) atoms. The number of nitrogens with zero attached hydrogens (tertiary/aromatic N) is 3. The van der Waals surface area contributed by atoms with E-state index in [0.29, 0.717) is 32.3 Å². The standard InChI is InChI=1S/C18H31N3O3/c1-19(15-6-3-2-4-7-15)17(22)14-20-9-11-21(12-10-20)18(23)16-8-5-13-24-16/h15-16H,2-14H2,1H3. The molecule has 0 aromatic rings. The second kappa shape index (κ2) is 8.30. The first-order valence-electron chi connectivity index (χ1n) is 9.53. The van der Waals surface area contributed by atoms with E-state index in [2.05, 4.69) is 4.90 Å². The number of amides is 2. The van der Waals surface area contributed by atoms with Gasteiger partial charge in [-0.15, -0.1) is 0 Å². The van der Waals surface area contributed by atoms with Crippen molar-refractivity contribution in [1.82, 2.24) is 14.7 Å². The zero-order valence-electron chi connectivity index (χ0n) is 14.9. The molecule has 0 radical (unpaired) electrons. The summed E-state index contributed by atoms with van der Waals surface area (Å²) in [6, 6.07) is 0.425. The van der Waals surface area contributed by atoms with E-state index in [1.807, 2.05) is 16.8 Å². The lowest BCUT2D eigenvalue weighted by molar-refractivity contribution is -0.143. The fourth-order valence-electron chi connectivity index (χ4n) is 4.08. The molecule has 1 aliphatic carbocycles. The third-order valence-electron chi connectivity index (χ3n) is 5.76. The van der Waals surface area contributed by atoms with Gasteiger partial charge in [0, 0.05) is 45.9 Å². The molecule has 0 aromatic heterocycles. The van der Waals surface area contributed by atoms with Crippen LogP contribution in [0, 0.1) is 0 Å². The maximum absolute atomic E-state index is 12.5. The molecule has 3 aliphatic rings. The predicted octanol–water partition coefficient (Wildman–Crippen LogP) is 1.10. The van der Waals surface area contributed by atoms with Crippen LogP contribution in [0.5, 0.6) is 0 Å². The maximum Gasteiger partial charge on any atom is 0.251 e. The molecular weight excluding hydrogens is 306 g/mol. The summed E-state index contributed by atoms with van der Waals surface area (Å²) in [5.41, 5.74) is 0. The van der Waals surface area contributed by atoms with Gasteiger partial charge in [-0.1, -0.05) is 19.3 Å². The molecule has 0 spiro atoms. The largest absolute Gasteiger partial charge is 0.368 e. The summed E-state index contributed by atoms with van der Waals surface area (Å²) in [5, 5.41) is 0. The molecule has 1 atom stereocenters. The molecule has 2 saturated heterocycles. The minimum absolute atomic E-state index is 0.137. The fourth-order valence-corrected chi connectivity index (χ4v) is 4.08. The van der Waals surface area contributed by atoms with Crippen LogP contribution in [0.4, 0.5) is 0 Å². The Bertz CT molecular complexity index is 437. The van der Waals surface area contributed by atoms with Crippen molar-refractivity contribution in [3.63, 3.8) is 0 Å². The van der Waals surface area contributed by atoms with Crippen LogP contribution in [0.15, 0.2) is 0 Å². The van der Waals surface area contributed by atoms with Crippen molar-refractivity contribution in [1.29, 1.82) is 0 Å². The summed E-state index contributed by atoms with van der Waals surface area (Å²) < 4.78 is 5.49. The van der Waals surface area contributed by atoms with Gasteiger partial charge in [0.25, 0.3) is 5.91 Å². The molecule has 0 aromatic carbocycles. The van der Waals surface area contributed by atoms with E-state index in [-0.39, 0.29) is 17.9 Å². The Morgan fingerprint density at radius 2 is 1.71 bits per heavy atom. The van der Waals surface area contributed by atoms with Crippen molar-refractivity contribution >= 4 is 11.8 Å². The number of rotatable bonds is 4. The summed E-state index contributed by atoms with van der Waals surface area (Å²) in [6.07, 6.45) is 7.69. The summed E-state index contributed by atoms with van der Waals surface area (Å²) in [4.78, 5) is 30.9. The smallest absolute Gasteiger partial charge is 0.251 e. The molecule has 3 rings (SSSR count). The first-order chi connectivity index (χ1) is 11.6. The van der Waals surface area contributed by atoms with Crippen LogP contribution in [0.3, 0.4) is 0 Å². The quantitative estimate of drug-likeness (QED) is 0.771. The van der Waals surface area contributed by atoms with Crippen molar-refractivity contribution in [3.05, 3.63) is 0 Å². The summed E-state index contributed by atoms with van der Waals surface area (Å²) in [6.45, 7) is 4.16. The van der Waals surface area contributed by atoms with Gasteiger partial charge in [-0.25, -0.2) is 0 Å². The van der Waals surface area contributed by atoms with Crippen molar-refractivity contribution < 1.29 is 14.3 Å². The normalized spacial score (nSPS) is 26.5. The topological polar surface area (TPSA) is 53.1 Å². The SMILES string of the molecule is CN(C(=O)CN1CCN(C(=O)C2CCCO2)CC1)C1CCCCC1. The van der Waals surface area contributed by atoms with Crippen LogP contribution < -0.4 is 0 Å². The zero-order chi connectivity index (χ0) is 16.9. The Balaban J connectivity index is 1.41. The number of ether oxygens (including phenoxy) is 1.